The predicted octanol–water partition coefficient (Wildman–Crippen LogP) is 4.66. The van der Waals surface area contributed by atoms with E-state index >= 15 is 0 Å². The first-order valence-electron chi connectivity index (χ1n) is 11.3. The highest BCUT2D eigenvalue weighted by Gasteiger charge is 2.27. The van der Waals surface area contributed by atoms with Crippen LogP contribution in [-0.4, -0.2) is 45.2 Å². The second kappa shape index (κ2) is 9.58. The second-order valence-corrected chi connectivity index (χ2v) is 10.5. The molecule has 0 bridgehead atoms. The number of carboxylic acids is 1. The maximum Gasteiger partial charge on any atom is 0.337 e. The van der Waals surface area contributed by atoms with E-state index in [2.05, 4.69) is 41.7 Å². The number of aromatic carboxylic acids is 1. The van der Waals surface area contributed by atoms with Crippen LogP contribution in [0.3, 0.4) is 0 Å². The monoisotopic (exact) mass is 497 g/mol. The number of anilines is 3. The highest BCUT2D eigenvalue weighted by molar-refractivity contribution is 7.92. The molecule has 7 nitrogen and oxygen atoms in total. The zero-order chi connectivity index (χ0) is 25.3. The zero-order valence-corrected chi connectivity index (χ0v) is 20.6. The Morgan fingerprint density at radius 3 is 2.51 bits per heavy atom. The Morgan fingerprint density at radius 1 is 1.06 bits per heavy atom. The molecule has 0 amide bonds. The fourth-order valence-corrected chi connectivity index (χ4v) is 5.79. The van der Waals surface area contributed by atoms with Crippen LogP contribution in [-0.2, 0) is 10.0 Å². The number of hydrogen-bond donors (Lipinski definition) is 2. The average molecular weight is 498 g/mol. The molecule has 35 heavy (non-hydrogen) atoms. The van der Waals surface area contributed by atoms with Gasteiger partial charge in [0.25, 0.3) is 10.0 Å². The molecule has 4 rings (SSSR count). The van der Waals surface area contributed by atoms with E-state index in [1.165, 1.54) is 29.8 Å². The van der Waals surface area contributed by atoms with Crippen LogP contribution >= 0.6 is 0 Å². The van der Waals surface area contributed by atoms with Crippen LogP contribution < -0.4 is 14.5 Å². The Labute approximate surface area is 204 Å². The molecule has 1 aliphatic heterocycles. The summed E-state index contributed by atoms with van der Waals surface area (Å²) in [5.41, 5.74) is 3.32. The first kappa shape index (κ1) is 24.5. The highest BCUT2D eigenvalue weighted by atomic mass is 32.2. The zero-order valence-electron chi connectivity index (χ0n) is 19.8. The van der Waals surface area contributed by atoms with Crippen molar-refractivity contribution in [3.8, 4) is 0 Å². The van der Waals surface area contributed by atoms with Crippen molar-refractivity contribution in [2.45, 2.75) is 31.7 Å². The molecule has 3 aromatic carbocycles. The van der Waals surface area contributed by atoms with E-state index in [-0.39, 0.29) is 22.2 Å². The van der Waals surface area contributed by atoms with E-state index in [9.17, 15) is 22.7 Å². The molecule has 1 fully saturated rings. The van der Waals surface area contributed by atoms with Gasteiger partial charge in [-0.05, 0) is 74.4 Å². The number of halogens is 1. The Bertz CT molecular complexity index is 1380. The molecule has 0 radical (unpaired) electrons. The molecule has 0 aliphatic carbocycles. The SMILES string of the molecule is Cc1cccc(N2CCN(c3ccc(NS(=O)(=O)c4cc(F)ccc4C)cc3C(=O)O)CC2C)c1. The standard InChI is InChI=1S/C26H28FN3O4S/c1-17-5-4-6-22(13-17)30-12-11-29(16-19(30)3)24-10-9-21(15-23(24)26(31)32)28-35(33,34)25-14-20(27)8-7-18(25)2/h4-10,13-15,19,28H,11-12,16H2,1-3H3,(H,31,32). The maximum atomic E-state index is 13.7. The van der Waals surface area contributed by atoms with Crippen LogP contribution in [0.5, 0.6) is 0 Å². The van der Waals surface area contributed by atoms with Gasteiger partial charge in [0.15, 0.2) is 0 Å². The minimum atomic E-state index is -4.10. The Hall–Kier alpha value is -3.59. The third-order valence-corrected chi connectivity index (χ3v) is 7.74. The molecule has 1 saturated heterocycles. The van der Waals surface area contributed by atoms with Crippen molar-refractivity contribution < 1.29 is 22.7 Å². The summed E-state index contributed by atoms with van der Waals surface area (Å²) in [4.78, 5) is 16.2. The van der Waals surface area contributed by atoms with Crippen LogP contribution in [0, 0.1) is 19.7 Å². The number of carbonyl (C=O) groups is 1. The van der Waals surface area contributed by atoms with Gasteiger partial charge in [-0.15, -0.1) is 0 Å². The van der Waals surface area contributed by atoms with Crippen molar-refractivity contribution in [3.05, 3.63) is 83.2 Å². The normalized spacial score (nSPS) is 16.3. The van der Waals surface area contributed by atoms with Gasteiger partial charge in [-0.3, -0.25) is 4.72 Å². The molecule has 1 atom stereocenters. The molecular weight excluding hydrogens is 469 g/mol. The van der Waals surface area contributed by atoms with Crippen LogP contribution in [0.25, 0.3) is 0 Å². The van der Waals surface area contributed by atoms with Crippen LogP contribution in [0.15, 0.2) is 65.6 Å². The summed E-state index contributed by atoms with van der Waals surface area (Å²) in [5, 5.41) is 9.88. The summed E-state index contributed by atoms with van der Waals surface area (Å²) in [5.74, 6) is -1.83. The van der Waals surface area contributed by atoms with Gasteiger partial charge >= 0.3 is 5.97 Å². The Morgan fingerprint density at radius 2 is 1.83 bits per heavy atom. The van der Waals surface area contributed by atoms with Crippen molar-refractivity contribution in [2.24, 2.45) is 0 Å². The number of hydrogen-bond acceptors (Lipinski definition) is 5. The number of benzene rings is 3. The lowest BCUT2D eigenvalue weighted by molar-refractivity contribution is 0.0697. The van der Waals surface area contributed by atoms with E-state index < -0.39 is 21.8 Å². The molecule has 184 valence electrons. The number of aryl methyl sites for hydroxylation is 2. The van der Waals surface area contributed by atoms with E-state index in [1.807, 2.05) is 11.0 Å². The van der Waals surface area contributed by atoms with Crippen molar-refractivity contribution in [3.63, 3.8) is 0 Å². The van der Waals surface area contributed by atoms with Gasteiger partial charge in [0.2, 0.25) is 0 Å². The molecule has 2 N–H and O–H groups in total. The summed E-state index contributed by atoms with van der Waals surface area (Å²) < 4.78 is 41.7. The van der Waals surface area contributed by atoms with E-state index in [4.69, 9.17) is 0 Å². The molecular formula is C26H28FN3O4S. The smallest absolute Gasteiger partial charge is 0.337 e. The molecule has 3 aromatic rings. The van der Waals surface area contributed by atoms with Gasteiger partial charge in [-0.25, -0.2) is 17.6 Å². The summed E-state index contributed by atoms with van der Waals surface area (Å²) in [7, 11) is -4.10. The average Bonchev–Trinajstić information content (AvgIpc) is 2.80. The van der Waals surface area contributed by atoms with Gasteiger partial charge in [-0.2, -0.15) is 0 Å². The molecule has 1 aliphatic rings. The van der Waals surface area contributed by atoms with Crippen LogP contribution in [0.2, 0.25) is 0 Å². The lowest BCUT2D eigenvalue weighted by atomic mass is 10.1. The number of carboxylic acid groups (broad SMARTS) is 1. The van der Waals surface area contributed by atoms with Crippen molar-refractivity contribution >= 4 is 33.1 Å². The molecule has 9 heteroatoms. The third-order valence-electron chi connectivity index (χ3n) is 6.22. The first-order valence-corrected chi connectivity index (χ1v) is 12.8. The molecule has 0 saturated carbocycles. The van der Waals surface area contributed by atoms with Crippen LogP contribution in [0.1, 0.15) is 28.4 Å². The van der Waals surface area contributed by atoms with Gasteiger partial charge in [0, 0.05) is 37.1 Å². The van der Waals surface area contributed by atoms with E-state index in [0.29, 0.717) is 24.3 Å². The van der Waals surface area contributed by atoms with Crippen LogP contribution in [0.4, 0.5) is 21.5 Å². The third kappa shape index (κ3) is 5.24. The van der Waals surface area contributed by atoms with Gasteiger partial charge < -0.3 is 14.9 Å². The first-order chi connectivity index (χ1) is 16.5. The fraction of sp³-hybridized carbons (Fsp3) is 0.269. The topological polar surface area (TPSA) is 90.0 Å². The lowest BCUT2D eigenvalue weighted by Gasteiger charge is -2.42. The number of nitrogens with one attached hydrogen (secondary N) is 1. The van der Waals surface area contributed by atoms with Gasteiger partial charge in [0.05, 0.1) is 16.1 Å². The largest absolute Gasteiger partial charge is 0.478 e. The molecule has 0 aromatic heterocycles. The van der Waals surface area contributed by atoms with E-state index in [1.54, 1.807) is 13.0 Å². The molecule has 1 unspecified atom stereocenters. The molecule has 0 spiro atoms. The minimum absolute atomic E-state index is 0.00244. The number of piperazine rings is 1. The van der Waals surface area contributed by atoms with E-state index in [0.717, 1.165) is 18.3 Å². The Balaban J connectivity index is 1.58. The fourth-order valence-electron chi connectivity index (χ4n) is 4.49. The minimum Gasteiger partial charge on any atom is -0.478 e. The van der Waals surface area contributed by atoms with Crippen molar-refractivity contribution in [1.82, 2.24) is 0 Å². The summed E-state index contributed by atoms with van der Waals surface area (Å²) in [6.07, 6.45) is 0. The summed E-state index contributed by atoms with van der Waals surface area (Å²) >= 11 is 0. The lowest BCUT2D eigenvalue weighted by Crippen LogP contribution is -2.52. The number of rotatable bonds is 6. The van der Waals surface area contributed by atoms with Crippen molar-refractivity contribution in [1.29, 1.82) is 0 Å². The highest BCUT2D eigenvalue weighted by Crippen LogP contribution is 2.30. The molecule has 1 heterocycles. The van der Waals surface area contributed by atoms with Crippen molar-refractivity contribution in [2.75, 3.05) is 34.2 Å². The maximum absolute atomic E-state index is 13.7. The summed E-state index contributed by atoms with van der Waals surface area (Å²) in [6, 6.07) is 16.4. The number of nitrogens with zero attached hydrogens (tertiary/aromatic N) is 2. The van der Waals surface area contributed by atoms with Gasteiger partial charge in [-0.1, -0.05) is 18.2 Å². The predicted molar refractivity (Wildman–Crippen MR) is 136 cm³/mol. The Kier molecular flexibility index (Phi) is 6.71. The van der Waals surface area contributed by atoms with Gasteiger partial charge in [0.1, 0.15) is 5.82 Å². The second-order valence-electron chi connectivity index (χ2n) is 8.88. The quantitative estimate of drug-likeness (QED) is 0.515. The summed E-state index contributed by atoms with van der Waals surface area (Å²) in [6.45, 7) is 7.66. The number of sulfonamides is 1.